The summed E-state index contributed by atoms with van der Waals surface area (Å²) in [6, 6.07) is 1.23. The van der Waals surface area contributed by atoms with Crippen LogP contribution in [0.5, 0.6) is 0 Å². The Hall–Kier alpha value is -0.830. The average molecular weight is 261 g/mol. The molecule has 1 heterocycles. The van der Waals surface area contributed by atoms with Crippen LogP contribution in [-0.4, -0.2) is 22.6 Å². The highest BCUT2D eigenvalue weighted by Crippen LogP contribution is 2.36. The van der Waals surface area contributed by atoms with Gasteiger partial charge in [-0.1, -0.05) is 6.92 Å². The van der Waals surface area contributed by atoms with Crippen LogP contribution in [0.1, 0.15) is 62.3 Å². The van der Waals surface area contributed by atoms with Gasteiger partial charge in [-0.3, -0.25) is 0 Å². The minimum atomic E-state index is 0.614. The Morgan fingerprint density at radius 3 is 2.79 bits per heavy atom. The van der Waals surface area contributed by atoms with Gasteiger partial charge in [0.15, 0.2) is 0 Å². The molecule has 0 amide bonds. The van der Waals surface area contributed by atoms with Crippen LogP contribution in [0.15, 0.2) is 0 Å². The lowest BCUT2D eigenvalue weighted by Crippen LogP contribution is -2.40. The lowest BCUT2D eigenvalue weighted by molar-refractivity contribution is 0.217. The first kappa shape index (κ1) is 13.2. The van der Waals surface area contributed by atoms with Gasteiger partial charge in [-0.2, -0.15) is 0 Å². The molecule has 19 heavy (non-hydrogen) atoms. The van der Waals surface area contributed by atoms with Crippen molar-refractivity contribution in [1.82, 2.24) is 14.9 Å². The third-order valence-corrected chi connectivity index (χ3v) is 5.13. The van der Waals surface area contributed by atoms with Crippen molar-refractivity contribution in [3.8, 4) is 0 Å². The molecule has 3 heteroatoms. The van der Waals surface area contributed by atoms with Crippen molar-refractivity contribution in [2.24, 2.45) is 5.92 Å². The van der Waals surface area contributed by atoms with E-state index in [1.54, 1.807) is 5.69 Å². The van der Waals surface area contributed by atoms with E-state index in [1.807, 2.05) is 0 Å². The SMILES string of the molecule is CNC1CCC(C)CC1n1c(C)nc2c1CCCC2. The molecule has 1 N–H and O–H groups in total. The van der Waals surface area contributed by atoms with Crippen LogP contribution < -0.4 is 5.32 Å². The number of aryl methyl sites for hydroxylation is 2. The molecule has 0 bridgehead atoms. The number of likely N-dealkylation sites (N-methyl/N-ethyl adjacent to an activating group) is 1. The summed E-state index contributed by atoms with van der Waals surface area (Å²) < 4.78 is 2.59. The fourth-order valence-corrected chi connectivity index (χ4v) is 4.11. The quantitative estimate of drug-likeness (QED) is 0.887. The predicted octanol–water partition coefficient (Wildman–Crippen LogP) is 3.02. The summed E-state index contributed by atoms with van der Waals surface area (Å²) >= 11 is 0. The maximum absolute atomic E-state index is 4.86. The molecule has 2 aliphatic rings. The number of aromatic nitrogens is 2. The highest BCUT2D eigenvalue weighted by atomic mass is 15.2. The van der Waals surface area contributed by atoms with Crippen molar-refractivity contribution in [2.45, 2.75) is 70.9 Å². The Labute approximate surface area is 116 Å². The molecule has 1 aromatic heterocycles. The third-order valence-electron chi connectivity index (χ3n) is 5.13. The fraction of sp³-hybridized carbons (Fsp3) is 0.812. The van der Waals surface area contributed by atoms with Gasteiger partial charge in [0.2, 0.25) is 0 Å². The van der Waals surface area contributed by atoms with Crippen molar-refractivity contribution >= 4 is 0 Å². The Morgan fingerprint density at radius 2 is 2.00 bits per heavy atom. The van der Waals surface area contributed by atoms with Crippen LogP contribution in [0.2, 0.25) is 0 Å². The highest BCUT2D eigenvalue weighted by molar-refractivity contribution is 5.21. The molecule has 3 nitrogen and oxygen atoms in total. The molecule has 0 aliphatic heterocycles. The lowest BCUT2D eigenvalue weighted by Gasteiger charge is -2.37. The van der Waals surface area contributed by atoms with Crippen molar-refractivity contribution < 1.29 is 0 Å². The molecule has 3 unspecified atom stereocenters. The van der Waals surface area contributed by atoms with Gasteiger partial charge in [0, 0.05) is 11.7 Å². The molecule has 0 spiro atoms. The number of rotatable bonds is 2. The maximum Gasteiger partial charge on any atom is 0.106 e. The smallest absolute Gasteiger partial charge is 0.106 e. The molecule has 1 fully saturated rings. The Balaban J connectivity index is 1.97. The summed E-state index contributed by atoms with van der Waals surface area (Å²) in [5.74, 6) is 2.09. The molecule has 106 valence electrons. The second-order valence-electron chi connectivity index (χ2n) is 6.51. The summed E-state index contributed by atoms with van der Waals surface area (Å²) in [5, 5.41) is 3.55. The van der Waals surface area contributed by atoms with Crippen molar-refractivity contribution in [2.75, 3.05) is 7.05 Å². The Bertz CT molecular complexity index is 449. The molecule has 0 aromatic carbocycles. The number of nitrogens with one attached hydrogen (secondary N) is 1. The first-order valence-corrected chi connectivity index (χ1v) is 7.94. The van der Waals surface area contributed by atoms with Crippen LogP contribution >= 0.6 is 0 Å². The van der Waals surface area contributed by atoms with E-state index in [0.29, 0.717) is 12.1 Å². The third kappa shape index (κ3) is 2.33. The van der Waals surface area contributed by atoms with E-state index in [-0.39, 0.29) is 0 Å². The minimum absolute atomic E-state index is 0.614. The van der Waals surface area contributed by atoms with Gasteiger partial charge in [0.1, 0.15) is 5.82 Å². The molecular formula is C16H27N3. The number of hydrogen-bond acceptors (Lipinski definition) is 2. The van der Waals surface area contributed by atoms with Crippen LogP contribution in [0.4, 0.5) is 0 Å². The zero-order chi connectivity index (χ0) is 13.4. The normalized spacial score (nSPS) is 31.2. The largest absolute Gasteiger partial charge is 0.327 e. The van der Waals surface area contributed by atoms with Crippen LogP contribution in [0.25, 0.3) is 0 Å². The molecule has 3 atom stereocenters. The average Bonchev–Trinajstić information content (AvgIpc) is 2.74. The molecule has 0 saturated heterocycles. The molecular weight excluding hydrogens is 234 g/mol. The van der Waals surface area contributed by atoms with E-state index in [1.165, 1.54) is 56.5 Å². The second-order valence-corrected chi connectivity index (χ2v) is 6.51. The summed E-state index contributed by atoms with van der Waals surface area (Å²) in [6.45, 7) is 4.60. The van der Waals surface area contributed by atoms with Crippen LogP contribution in [0, 0.1) is 12.8 Å². The van der Waals surface area contributed by atoms with Gasteiger partial charge in [-0.25, -0.2) is 4.98 Å². The molecule has 2 aliphatic carbocycles. The summed E-state index contributed by atoms with van der Waals surface area (Å²) in [7, 11) is 2.12. The number of fused-ring (bicyclic) bond motifs is 1. The van der Waals surface area contributed by atoms with E-state index in [2.05, 4.69) is 30.8 Å². The van der Waals surface area contributed by atoms with Crippen molar-refractivity contribution in [3.05, 3.63) is 17.2 Å². The maximum atomic E-state index is 4.86. The van der Waals surface area contributed by atoms with Gasteiger partial charge in [-0.05, 0) is 64.8 Å². The highest BCUT2D eigenvalue weighted by Gasteiger charge is 2.32. The molecule has 1 saturated carbocycles. The summed E-state index contributed by atoms with van der Waals surface area (Å²) in [6.07, 6.45) is 9.04. The van der Waals surface area contributed by atoms with E-state index in [0.717, 1.165) is 5.92 Å². The molecule has 0 radical (unpaired) electrons. The summed E-state index contributed by atoms with van der Waals surface area (Å²) in [4.78, 5) is 4.86. The summed E-state index contributed by atoms with van der Waals surface area (Å²) in [5.41, 5.74) is 2.93. The number of hydrogen-bond donors (Lipinski definition) is 1. The predicted molar refractivity (Wildman–Crippen MR) is 78.5 cm³/mol. The topological polar surface area (TPSA) is 29.9 Å². The van der Waals surface area contributed by atoms with Gasteiger partial charge >= 0.3 is 0 Å². The number of nitrogens with zero attached hydrogens (tertiary/aromatic N) is 2. The molecule has 1 aromatic rings. The van der Waals surface area contributed by atoms with Gasteiger partial charge < -0.3 is 9.88 Å². The Morgan fingerprint density at radius 1 is 1.21 bits per heavy atom. The standard InChI is InChI=1S/C16H27N3/c1-11-8-9-13(17-3)16(10-11)19-12(2)18-14-6-4-5-7-15(14)19/h11,13,16-17H,4-10H2,1-3H3. The van der Waals surface area contributed by atoms with Crippen LogP contribution in [-0.2, 0) is 12.8 Å². The van der Waals surface area contributed by atoms with E-state index in [9.17, 15) is 0 Å². The van der Waals surface area contributed by atoms with E-state index in [4.69, 9.17) is 4.98 Å². The minimum Gasteiger partial charge on any atom is -0.327 e. The Kier molecular flexibility index (Phi) is 3.66. The van der Waals surface area contributed by atoms with E-state index >= 15 is 0 Å². The molecule has 3 rings (SSSR count). The lowest BCUT2D eigenvalue weighted by atomic mass is 9.82. The van der Waals surface area contributed by atoms with Crippen molar-refractivity contribution in [3.63, 3.8) is 0 Å². The zero-order valence-electron chi connectivity index (χ0n) is 12.6. The second kappa shape index (κ2) is 5.28. The van der Waals surface area contributed by atoms with Gasteiger partial charge in [0.25, 0.3) is 0 Å². The zero-order valence-corrected chi connectivity index (χ0v) is 12.6. The van der Waals surface area contributed by atoms with Crippen molar-refractivity contribution in [1.29, 1.82) is 0 Å². The van der Waals surface area contributed by atoms with Gasteiger partial charge in [0.05, 0.1) is 11.7 Å². The first-order chi connectivity index (χ1) is 9.20. The van der Waals surface area contributed by atoms with Gasteiger partial charge in [-0.15, -0.1) is 0 Å². The van der Waals surface area contributed by atoms with Crippen LogP contribution in [0.3, 0.4) is 0 Å². The first-order valence-electron chi connectivity index (χ1n) is 7.94. The monoisotopic (exact) mass is 261 g/mol. The fourth-order valence-electron chi connectivity index (χ4n) is 4.11. The number of imidazole rings is 1. The van der Waals surface area contributed by atoms with E-state index < -0.39 is 0 Å².